The van der Waals surface area contributed by atoms with E-state index in [4.69, 9.17) is 0 Å². The Bertz CT molecular complexity index is 680. The van der Waals surface area contributed by atoms with Gasteiger partial charge in [-0.25, -0.2) is 4.98 Å². The molecule has 1 heterocycles. The predicted molar refractivity (Wildman–Crippen MR) is 87.1 cm³/mol. The van der Waals surface area contributed by atoms with E-state index in [2.05, 4.69) is 45.6 Å². The number of nitrogens with one attached hydrogen (secondary N) is 2. The van der Waals surface area contributed by atoms with Crippen LogP contribution in [0.15, 0.2) is 66.9 Å². The van der Waals surface area contributed by atoms with Crippen LogP contribution in [0, 0.1) is 0 Å². The molecule has 0 amide bonds. The summed E-state index contributed by atoms with van der Waals surface area (Å²) in [5.41, 5.74) is 3.48. The van der Waals surface area contributed by atoms with E-state index < -0.39 is 0 Å². The molecule has 0 radical (unpaired) electrons. The van der Waals surface area contributed by atoms with Crippen molar-refractivity contribution >= 4 is 11.0 Å². The first-order valence-corrected chi connectivity index (χ1v) is 7.28. The molecule has 3 aromatic rings. The molecule has 2 aromatic carbocycles. The van der Waals surface area contributed by atoms with Gasteiger partial charge in [0, 0.05) is 13.0 Å². The van der Waals surface area contributed by atoms with Crippen LogP contribution in [0.25, 0.3) is 11.0 Å². The molecule has 2 N–H and O–H groups in total. The molecule has 0 unspecified atom stereocenters. The average molecular weight is 277 g/mol. The molecule has 106 valence electrons. The maximum Gasteiger partial charge on any atom is 0.111 e. The van der Waals surface area contributed by atoms with Gasteiger partial charge in [0.05, 0.1) is 11.0 Å². The van der Waals surface area contributed by atoms with Gasteiger partial charge in [0.1, 0.15) is 5.82 Å². The molecule has 0 aliphatic carbocycles. The number of nitrogens with zero attached hydrogens (tertiary/aromatic N) is 1. The number of allylic oxidation sites excluding steroid dienone is 1. The van der Waals surface area contributed by atoms with Gasteiger partial charge in [-0.05, 0) is 30.3 Å². The zero-order valence-corrected chi connectivity index (χ0v) is 11.9. The van der Waals surface area contributed by atoms with Crippen molar-refractivity contribution in [2.45, 2.75) is 12.8 Å². The highest BCUT2D eigenvalue weighted by Crippen LogP contribution is 2.10. The third-order valence-electron chi connectivity index (χ3n) is 3.39. The van der Waals surface area contributed by atoms with Gasteiger partial charge in [-0.2, -0.15) is 0 Å². The molecule has 0 bridgehead atoms. The van der Waals surface area contributed by atoms with Crippen LogP contribution < -0.4 is 5.32 Å². The number of benzene rings is 2. The molecular formula is C18H19N3. The second kappa shape index (κ2) is 6.75. The van der Waals surface area contributed by atoms with Crippen LogP contribution in [0.4, 0.5) is 0 Å². The molecule has 0 fully saturated rings. The Morgan fingerprint density at radius 2 is 1.81 bits per heavy atom. The van der Waals surface area contributed by atoms with E-state index in [-0.39, 0.29) is 0 Å². The second-order valence-electron chi connectivity index (χ2n) is 5.00. The smallest absolute Gasteiger partial charge is 0.111 e. The van der Waals surface area contributed by atoms with Gasteiger partial charge >= 0.3 is 0 Å². The topological polar surface area (TPSA) is 40.7 Å². The van der Waals surface area contributed by atoms with E-state index >= 15 is 0 Å². The fourth-order valence-corrected chi connectivity index (χ4v) is 2.30. The van der Waals surface area contributed by atoms with Crippen molar-refractivity contribution in [2.75, 3.05) is 6.54 Å². The summed E-state index contributed by atoms with van der Waals surface area (Å²) in [6.07, 6.45) is 5.96. The van der Waals surface area contributed by atoms with E-state index in [1.54, 1.807) is 0 Å². The maximum atomic E-state index is 4.54. The molecule has 1 aromatic heterocycles. The summed E-state index contributed by atoms with van der Waals surface area (Å²) in [7, 11) is 0. The molecule has 0 spiro atoms. The van der Waals surface area contributed by atoms with Crippen molar-refractivity contribution in [3.8, 4) is 0 Å². The van der Waals surface area contributed by atoms with Gasteiger partial charge in [0.25, 0.3) is 0 Å². The Labute approximate surface area is 124 Å². The van der Waals surface area contributed by atoms with E-state index in [0.29, 0.717) is 0 Å². The first-order chi connectivity index (χ1) is 10.4. The van der Waals surface area contributed by atoms with Crippen LogP contribution in [0.5, 0.6) is 0 Å². The highest BCUT2D eigenvalue weighted by Gasteiger charge is 1.98. The highest BCUT2D eigenvalue weighted by atomic mass is 14.9. The van der Waals surface area contributed by atoms with E-state index in [9.17, 15) is 0 Å². The molecule has 0 saturated heterocycles. The molecule has 21 heavy (non-hydrogen) atoms. The van der Waals surface area contributed by atoms with Crippen molar-refractivity contribution in [1.82, 2.24) is 15.3 Å². The summed E-state index contributed by atoms with van der Waals surface area (Å²) in [6.45, 7) is 0.945. The second-order valence-corrected chi connectivity index (χ2v) is 5.00. The molecule has 0 atom stereocenters. The van der Waals surface area contributed by atoms with Crippen molar-refractivity contribution < 1.29 is 0 Å². The quantitative estimate of drug-likeness (QED) is 0.677. The van der Waals surface area contributed by atoms with Crippen LogP contribution in [-0.4, -0.2) is 16.5 Å². The number of rotatable bonds is 6. The minimum atomic E-state index is 0.813. The predicted octanol–water partition coefficient (Wildman–Crippen LogP) is 3.45. The largest absolute Gasteiger partial charge is 0.391 e. The molecule has 3 heteroatoms. The number of para-hydroxylation sites is 2. The normalized spacial score (nSPS) is 11.2. The standard InChI is InChI=1S/C18H19N3/c1-2-7-15(8-3-1)12-14-19-13-6-11-18-20-16-9-4-5-10-17(16)21-18/h1-10,13,19H,11-12,14H2,(H,20,21). The lowest BCUT2D eigenvalue weighted by atomic mass is 10.1. The third-order valence-corrected chi connectivity index (χ3v) is 3.39. The lowest BCUT2D eigenvalue weighted by Gasteiger charge is -2.00. The van der Waals surface area contributed by atoms with Crippen molar-refractivity contribution in [3.63, 3.8) is 0 Å². The molecule has 0 saturated carbocycles. The summed E-state index contributed by atoms with van der Waals surface area (Å²) in [5.74, 6) is 0.998. The number of aromatic nitrogens is 2. The molecule has 0 aliphatic rings. The summed E-state index contributed by atoms with van der Waals surface area (Å²) >= 11 is 0. The highest BCUT2D eigenvalue weighted by molar-refractivity contribution is 5.74. The number of fused-ring (bicyclic) bond motifs is 1. The van der Waals surface area contributed by atoms with E-state index in [1.807, 2.05) is 36.5 Å². The summed E-state index contributed by atoms with van der Waals surface area (Å²) in [6, 6.07) is 18.6. The molecule has 3 nitrogen and oxygen atoms in total. The summed E-state index contributed by atoms with van der Waals surface area (Å²) in [4.78, 5) is 7.87. The van der Waals surface area contributed by atoms with Gasteiger partial charge in [0.2, 0.25) is 0 Å². The monoisotopic (exact) mass is 277 g/mol. The number of imidazole rings is 1. The number of hydrogen-bond acceptors (Lipinski definition) is 2. The summed E-state index contributed by atoms with van der Waals surface area (Å²) in [5, 5.41) is 3.32. The Morgan fingerprint density at radius 1 is 1.00 bits per heavy atom. The third kappa shape index (κ3) is 3.72. The van der Waals surface area contributed by atoms with Gasteiger partial charge in [-0.1, -0.05) is 48.5 Å². The van der Waals surface area contributed by atoms with Crippen molar-refractivity contribution in [2.24, 2.45) is 0 Å². The Balaban J connectivity index is 1.44. The Kier molecular flexibility index (Phi) is 4.32. The Hall–Kier alpha value is -2.55. The van der Waals surface area contributed by atoms with Gasteiger partial charge in [0.15, 0.2) is 0 Å². The van der Waals surface area contributed by atoms with Crippen LogP contribution in [0.2, 0.25) is 0 Å². The first-order valence-electron chi connectivity index (χ1n) is 7.28. The number of aromatic amines is 1. The average Bonchev–Trinajstić information content (AvgIpc) is 2.94. The van der Waals surface area contributed by atoms with Crippen LogP contribution in [0.1, 0.15) is 11.4 Å². The van der Waals surface area contributed by atoms with E-state index in [1.165, 1.54) is 5.56 Å². The fourth-order valence-electron chi connectivity index (χ4n) is 2.30. The minimum Gasteiger partial charge on any atom is -0.391 e. The number of H-pyrrole nitrogens is 1. The van der Waals surface area contributed by atoms with Gasteiger partial charge < -0.3 is 10.3 Å². The van der Waals surface area contributed by atoms with Gasteiger partial charge in [-0.3, -0.25) is 0 Å². The first kappa shape index (κ1) is 13.4. The molecular weight excluding hydrogens is 258 g/mol. The van der Waals surface area contributed by atoms with Crippen LogP contribution in [-0.2, 0) is 12.8 Å². The maximum absolute atomic E-state index is 4.54. The van der Waals surface area contributed by atoms with Crippen LogP contribution >= 0.6 is 0 Å². The van der Waals surface area contributed by atoms with E-state index in [0.717, 1.165) is 36.2 Å². The number of hydrogen-bond donors (Lipinski definition) is 2. The zero-order valence-electron chi connectivity index (χ0n) is 11.9. The summed E-state index contributed by atoms with van der Waals surface area (Å²) < 4.78 is 0. The SMILES string of the molecule is C(=CNCCc1ccccc1)Cc1nc2ccccc2[nH]1. The zero-order chi connectivity index (χ0) is 14.3. The van der Waals surface area contributed by atoms with Crippen LogP contribution in [0.3, 0.4) is 0 Å². The fraction of sp³-hybridized carbons (Fsp3) is 0.167. The lowest BCUT2D eigenvalue weighted by molar-refractivity contribution is 0.828. The minimum absolute atomic E-state index is 0.813. The van der Waals surface area contributed by atoms with Gasteiger partial charge in [-0.15, -0.1) is 0 Å². The molecule has 0 aliphatic heterocycles. The lowest BCUT2D eigenvalue weighted by Crippen LogP contribution is -2.09. The van der Waals surface area contributed by atoms with Crippen molar-refractivity contribution in [3.05, 3.63) is 78.3 Å². The van der Waals surface area contributed by atoms with Crippen molar-refractivity contribution in [1.29, 1.82) is 0 Å². The molecule has 3 rings (SSSR count). The Morgan fingerprint density at radius 3 is 2.67 bits per heavy atom.